The highest BCUT2D eigenvalue weighted by molar-refractivity contribution is 5.71. The van der Waals surface area contributed by atoms with Crippen LogP contribution in [-0.4, -0.2) is 37.2 Å². The largest absolute Gasteiger partial charge is 0.462 e. The topological polar surface area (TPSA) is 78.9 Å². The second-order valence-electron chi connectivity index (χ2n) is 19.5. The average molecular weight is 952 g/mol. The summed E-state index contributed by atoms with van der Waals surface area (Å²) in [5, 5.41) is 0. The summed E-state index contributed by atoms with van der Waals surface area (Å²) >= 11 is 0. The third kappa shape index (κ3) is 54.1. The van der Waals surface area contributed by atoms with Crippen LogP contribution in [0.2, 0.25) is 0 Å². The number of hydrogen-bond acceptors (Lipinski definition) is 6. The van der Waals surface area contributed by atoms with Gasteiger partial charge in [-0.3, -0.25) is 14.4 Å². The van der Waals surface area contributed by atoms with Crippen LogP contribution in [0.3, 0.4) is 0 Å². The minimum absolute atomic E-state index is 0.0859. The van der Waals surface area contributed by atoms with Crippen LogP contribution in [0.4, 0.5) is 0 Å². The standard InChI is InChI=1S/C62H110O6/c1-4-7-10-13-16-19-22-25-28-31-32-35-37-40-43-46-49-52-55-61(64)67-58-59(68-62(65)56-53-50-47-44-41-38-34-30-27-24-21-18-15-12-9-6-3)57-66-60(63)54-51-48-45-42-39-36-33-29-26-23-20-17-14-11-8-5-2/h19,21-22,24,28-31,33-34,59H,4-18,20,23,25-27,32,35-58H2,1-3H3/b22-19-,24-21-,31-28-,33-29-,34-30-. The summed E-state index contributed by atoms with van der Waals surface area (Å²) in [6, 6.07) is 0. The predicted octanol–water partition coefficient (Wildman–Crippen LogP) is 19.6. The van der Waals surface area contributed by atoms with E-state index in [0.717, 1.165) is 103 Å². The van der Waals surface area contributed by atoms with Crippen molar-refractivity contribution >= 4 is 17.9 Å². The van der Waals surface area contributed by atoms with Gasteiger partial charge in [-0.1, -0.05) is 229 Å². The van der Waals surface area contributed by atoms with Gasteiger partial charge in [-0.2, -0.15) is 0 Å². The van der Waals surface area contributed by atoms with Crippen LogP contribution in [0.25, 0.3) is 0 Å². The molecule has 0 N–H and O–H groups in total. The third-order valence-corrected chi connectivity index (χ3v) is 12.7. The van der Waals surface area contributed by atoms with Gasteiger partial charge in [0.15, 0.2) is 6.10 Å². The van der Waals surface area contributed by atoms with Crippen LogP contribution in [-0.2, 0) is 28.6 Å². The molecule has 0 aliphatic carbocycles. The van der Waals surface area contributed by atoms with E-state index >= 15 is 0 Å². The molecule has 68 heavy (non-hydrogen) atoms. The normalized spacial score (nSPS) is 12.5. The predicted molar refractivity (Wildman–Crippen MR) is 293 cm³/mol. The lowest BCUT2D eigenvalue weighted by molar-refractivity contribution is -0.167. The van der Waals surface area contributed by atoms with Crippen molar-refractivity contribution in [2.45, 2.75) is 303 Å². The van der Waals surface area contributed by atoms with E-state index in [1.54, 1.807) is 0 Å². The minimum Gasteiger partial charge on any atom is -0.462 e. The molecule has 0 rings (SSSR count). The highest BCUT2D eigenvalue weighted by Gasteiger charge is 2.19. The Kier molecular flexibility index (Phi) is 54.3. The smallest absolute Gasteiger partial charge is 0.306 e. The fourth-order valence-corrected chi connectivity index (χ4v) is 8.26. The van der Waals surface area contributed by atoms with Crippen LogP contribution >= 0.6 is 0 Å². The third-order valence-electron chi connectivity index (χ3n) is 12.7. The number of carbonyl (C=O) groups is 3. The van der Waals surface area contributed by atoms with Crippen molar-refractivity contribution in [3.63, 3.8) is 0 Å². The highest BCUT2D eigenvalue weighted by Crippen LogP contribution is 2.15. The van der Waals surface area contributed by atoms with E-state index in [0.29, 0.717) is 19.3 Å². The number of ether oxygens (including phenoxy) is 3. The van der Waals surface area contributed by atoms with Crippen LogP contribution in [0.5, 0.6) is 0 Å². The Morgan fingerprint density at radius 2 is 0.529 bits per heavy atom. The summed E-state index contributed by atoms with van der Waals surface area (Å²) in [6.45, 7) is 6.60. The first-order valence-electron chi connectivity index (χ1n) is 29.3. The zero-order valence-corrected chi connectivity index (χ0v) is 45.1. The Labute approximate surface area is 421 Å². The van der Waals surface area contributed by atoms with Gasteiger partial charge in [-0.05, 0) is 109 Å². The number of unbranched alkanes of at least 4 members (excludes halogenated alkanes) is 32. The van der Waals surface area contributed by atoms with E-state index in [2.05, 4.69) is 81.5 Å². The van der Waals surface area contributed by atoms with E-state index in [1.807, 2.05) is 0 Å². The Balaban J connectivity index is 4.41. The Morgan fingerprint density at radius 3 is 0.838 bits per heavy atom. The maximum Gasteiger partial charge on any atom is 0.306 e. The number of esters is 3. The zero-order chi connectivity index (χ0) is 49.3. The molecule has 0 spiro atoms. The van der Waals surface area contributed by atoms with Gasteiger partial charge in [0.2, 0.25) is 0 Å². The van der Waals surface area contributed by atoms with E-state index in [9.17, 15) is 14.4 Å². The van der Waals surface area contributed by atoms with Crippen LogP contribution in [0.15, 0.2) is 60.8 Å². The van der Waals surface area contributed by atoms with E-state index in [-0.39, 0.29) is 31.1 Å². The molecule has 0 aromatic heterocycles. The number of allylic oxidation sites excluding steroid dienone is 10. The molecular formula is C62H110O6. The maximum absolute atomic E-state index is 12.9. The summed E-state index contributed by atoms with van der Waals surface area (Å²) in [6.07, 6.45) is 70.6. The van der Waals surface area contributed by atoms with Crippen molar-refractivity contribution in [1.82, 2.24) is 0 Å². The molecule has 6 heteroatoms. The Bertz CT molecular complexity index is 1230. The average Bonchev–Trinajstić information content (AvgIpc) is 3.34. The van der Waals surface area contributed by atoms with Gasteiger partial charge in [0.05, 0.1) is 0 Å². The van der Waals surface area contributed by atoms with Crippen molar-refractivity contribution in [3.05, 3.63) is 60.8 Å². The first kappa shape index (κ1) is 65.1. The number of carbonyl (C=O) groups excluding carboxylic acids is 3. The number of rotatable bonds is 53. The molecule has 0 amide bonds. The summed E-state index contributed by atoms with van der Waals surface area (Å²) in [4.78, 5) is 38.2. The molecule has 0 saturated carbocycles. The number of hydrogen-bond donors (Lipinski definition) is 0. The molecule has 0 aliphatic rings. The molecule has 0 saturated heterocycles. The first-order chi connectivity index (χ1) is 33.5. The quantitative estimate of drug-likeness (QED) is 0.0262. The summed E-state index contributed by atoms with van der Waals surface area (Å²) in [5.41, 5.74) is 0. The molecule has 394 valence electrons. The molecule has 0 aliphatic heterocycles. The van der Waals surface area contributed by atoms with Crippen molar-refractivity contribution in [2.75, 3.05) is 13.2 Å². The summed E-state index contributed by atoms with van der Waals surface area (Å²) < 4.78 is 16.9. The Morgan fingerprint density at radius 1 is 0.294 bits per heavy atom. The fraction of sp³-hybridized carbons (Fsp3) is 0.790. The van der Waals surface area contributed by atoms with Gasteiger partial charge in [0.1, 0.15) is 13.2 Å². The lowest BCUT2D eigenvalue weighted by atomic mass is 10.1. The molecule has 0 radical (unpaired) electrons. The van der Waals surface area contributed by atoms with E-state index in [4.69, 9.17) is 14.2 Å². The molecule has 1 atom stereocenters. The maximum atomic E-state index is 12.9. The minimum atomic E-state index is -0.788. The van der Waals surface area contributed by atoms with Crippen LogP contribution < -0.4 is 0 Å². The molecule has 6 nitrogen and oxygen atoms in total. The molecule has 1 unspecified atom stereocenters. The summed E-state index contributed by atoms with van der Waals surface area (Å²) in [5.74, 6) is -0.904. The van der Waals surface area contributed by atoms with Crippen molar-refractivity contribution in [1.29, 1.82) is 0 Å². The SMILES string of the molecule is CCCCCC/C=C\C/C=C\CCCCCCCCCC(=O)OCC(COC(=O)CCCCCCC/C=C\CCCCCCCCC)OC(=O)CCCCCCC/C=C\C/C=C\CCCCCC. The highest BCUT2D eigenvalue weighted by atomic mass is 16.6. The van der Waals surface area contributed by atoms with E-state index < -0.39 is 6.10 Å². The molecule has 0 heterocycles. The Hall–Kier alpha value is -2.89. The van der Waals surface area contributed by atoms with Crippen LogP contribution in [0.1, 0.15) is 297 Å². The van der Waals surface area contributed by atoms with E-state index in [1.165, 1.54) is 154 Å². The summed E-state index contributed by atoms with van der Waals surface area (Å²) in [7, 11) is 0. The van der Waals surface area contributed by atoms with Gasteiger partial charge in [0, 0.05) is 19.3 Å². The van der Waals surface area contributed by atoms with Gasteiger partial charge in [-0.15, -0.1) is 0 Å². The van der Waals surface area contributed by atoms with Crippen molar-refractivity contribution in [2.24, 2.45) is 0 Å². The molecular weight excluding hydrogens is 841 g/mol. The fourth-order valence-electron chi connectivity index (χ4n) is 8.26. The van der Waals surface area contributed by atoms with Gasteiger partial charge in [0.25, 0.3) is 0 Å². The first-order valence-corrected chi connectivity index (χ1v) is 29.3. The second-order valence-corrected chi connectivity index (χ2v) is 19.5. The molecule has 0 fully saturated rings. The molecule has 0 bridgehead atoms. The molecule has 0 aromatic rings. The van der Waals surface area contributed by atoms with Crippen LogP contribution in [0, 0.1) is 0 Å². The van der Waals surface area contributed by atoms with Crippen molar-refractivity contribution in [3.8, 4) is 0 Å². The van der Waals surface area contributed by atoms with Gasteiger partial charge in [-0.25, -0.2) is 0 Å². The second kappa shape index (κ2) is 56.7. The van der Waals surface area contributed by atoms with Gasteiger partial charge >= 0.3 is 17.9 Å². The van der Waals surface area contributed by atoms with Gasteiger partial charge < -0.3 is 14.2 Å². The zero-order valence-electron chi connectivity index (χ0n) is 45.1. The van der Waals surface area contributed by atoms with Crippen molar-refractivity contribution < 1.29 is 28.6 Å². The molecule has 0 aromatic carbocycles. The lowest BCUT2D eigenvalue weighted by Gasteiger charge is -2.18. The monoisotopic (exact) mass is 951 g/mol. The lowest BCUT2D eigenvalue weighted by Crippen LogP contribution is -2.30.